The Bertz CT molecular complexity index is 247. The van der Waals surface area contributed by atoms with Gasteiger partial charge in [0.15, 0.2) is 5.96 Å². The summed E-state index contributed by atoms with van der Waals surface area (Å²) >= 11 is 0. The van der Waals surface area contributed by atoms with Gasteiger partial charge in [-0.15, -0.1) is 0 Å². The Labute approximate surface area is 90.4 Å². The van der Waals surface area contributed by atoms with Gasteiger partial charge in [0.1, 0.15) is 0 Å². The van der Waals surface area contributed by atoms with Crippen molar-refractivity contribution in [2.75, 3.05) is 47.4 Å². The third-order valence-electron chi connectivity index (χ3n) is 2.37. The topological polar surface area (TPSA) is 66.7 Å². The number of nitrogens with one attached hydrogen (secondary N) is 2. The van der Waals surface area contributed by atoms with E-state index in [2.05, 4.69) is 0 Å². The van der Waals surface area contributed by atoms with Crippen molar-refractivity contribution >= 4 is 11.9 Å². The van der Waals surface area contributed by atoms with Crippen molar-refractivity contribution in [3.05, 3.63) is 0 Å². The molecule has 0 saturated carbocycles. The molecule has 15 heavy (non-hydrogen) atoms. The zero-order valence-corrected chi connectivity index (χ0v) is 9.58. The molecule has 0 aromatic rings. The maximum Gasteiger partial charge on any atom is 0.200 e. The van der Waals surface area contributed by atoms with Gasteiger partial charge in [-0.3, -0.25) is 15.7 Å². The van der Waals surface area contributed by atoms with Crippen molar-refractivity contribution in [1.82, 2.24) is 14.7 Å². The third-order valence-corrected chi connectivity index (χ3v) is 2.37. The van der Waals surface area contributed by atoms with E-state index < -0.39 is 0 Å². The van der Waals surface area contributed by atoms with Gasteiger partial charge in [0, 0.05) is 34.2 Å². The minimum Gasteiger partial charge on any atom is -0.378 e. The molecule has 1 aliphatic heterocycles. The summed E-state index contributed by atoms with van der Waals surface area (Å²) in [6.45, 7) is 2.77. The van der Waals surface area contributed by atoms with E-state index >= 15 is 0 Å². The summed E-state index contributed by atoms with van der Waals surface area (Å²) in [5.41, 5.74) is 0. The summed E-state index contributed by atoms with van der Waals surface area (Å²) in [6, 6.07) is 0. The van der Waals surface area contributed by atoms with Crippen molar-refractivity contribution in [3.63, 3.8) is 0 Å². The Balaban J connectivity index is 2.54. The van der Waals surface area contributed by atoms with Gasteiger partial charge in [-0.25, -0.2) is 0 Å². The highest BCUT2D eigenvalue weighted by atomic mass is 16.5. The Morgan fingerprint density at radius 3 is 2.13 bits per heavy atom. The summed E-state index contributed by atoms with van der Waals surface area (Å²) in [5.74, 6) is 0.670. The van der Waals surface area contributed by atoms with Crippen LogP contribution in [0.3, 0.4) is 0 Å². The highest BCUT2D eigenvalue weighted by Gasteiger charge is 2.20. The Hall–Kier alpha value is -1.30. The molecule has 1 aliphatic rings. The molecule has 0 aromatic heterocycles. The molecule has 86 valence electrons. The third kappa shape index (κ3) is 2.82. The molecule has 0 unspecified atom stereocenters. The molecule has 6 nitrogen and oxygen atoms in total. The zero-order chi connectivity index (χ0) is 11.4. The minimum atomic E-state index is 0.312. The minimum absolute atomic E-state index is 0.312. The van der Waals surface area contributed by atoms with Crippen molar-refractivity contribution in [3.8, 4) is 0 Å². The van der Waals surface area contributed by atoms with Crippen molar-refractivity contribution < 1.29 is 4.74 Å². The van der Waals surface area contributed by atoms with Crippen LogP contribution in [0, 0.1) is 10.8 Å². The molecular formula is C9H19N5O. The monoisotopic (exact) mass is 213 g/mol. The average Bonchev–Trinajstić information content (AvgIpc) is 2.27. The second kappa shape index (κ2) is 4.97. The molecule has 0 aliphatic carbocycles. The standard InChI is InChI=1S/C9H19N5O/c1-12(2)8(10)13(3)9(11)14-4-6-15-7-5-14/h10-11H,4-7H2,1-3H3. The van der Waals surface area contributed by atoms with E-state index in [1.54, 1.807) is 30.9 Å². The number of guanidine groups is 2. The first-order valence-corrected chi connectivity index (χ1v) is 4.95. The normalized spacial score (nSPS) is 16.1. The van der Waals surface area contributed by atoms with Crippen LogP contribution in [-0.2, 0) is 4.74 Å². The Morgan fingerprint density at radius 1 is 1.13 bits per heavy atom. The van der Waals surface area contributed by atoms with Gasteiger partial charge in [-0.2, -0.15) is 0 Å². The first-order chi connectivity index (χ1) is 7.04. The zero-order valence-electron chi connectivity index (χ0n) is 9.58. The molecule has 6 heteroatoms. The molecule has 1 fully saturated rings. The smallest absolute Gasteiger partial charge is 0.200 e. The number of ether oxygens (including phenoxy) is 1. The summed E-state index contributed by atoms with van der Waals surface area (Å²) < 4.78 is 5.22. The number of hydrogen-bond acceptors (Lipinski definition) is 3. The van der Waals surface area contributed by atoms with Crippen LogP contribution in [0.15, 0.2) is 0 Å². The fraction of sp³-hybridized carbons (Fsp3) is 0.778. The fourth-order valence-electron chi connectivity index (χ4n) is 1.39. The van der Waals surface area contributed by atoms with Crippen LogP contribution < -0.4 is 0 Å². The van der Waals surface area contributed by atoms with Crippen molar-refractivity contribution in [2.45, 2.75) is 0 Å². The van der Waals surface area contributed by atoms with E-state index in [1.807, 2.05) is 4.90 Å². The molecule has 1 rings (SSSR count). The maximum absolute atomic E-state index is 7.94. The fourth-order valence-corrected chi connectivity index (χ4v) is 1.39. The maximum atomic E-state index is 7.94. The number of morpholine rings is 1. The number of nitrogens with zero attached hydrogens (tertiary/aromatic N) is 3. The van der Waals surface area contributed by atoms with Gasteiger partial charge in [0.2, 0.25) is 5.96 Å². The van der Waals surface area contributed by atoms with Crippen LogP contribution in [0.2, 0.25) is 0 Å². The van der Waals surface area contributed by atoms with E-state index in [0.29, 0.717) is 25.1 Å². The first kappa shape index (κ1) is 11.8. The SMILES string of the molecule is CN(C)C(=N)N(C)C(=N)N1CCOCC1. The molecule has 1 heterocycles. The van der Waals surface area contributed by atoms with Gasteiger partial charge in [-0.1, -0.05) is 0 Å². The highest BCUT2D eigenvalue weighted by Crippen LogP contribution is 2.01. The molecular weight excluding hydrogens is 194 g/mol. The highest BCUT2D eigenvalue weighted by molar-refractivity contribution is 5.95. The van der Waals surface area contributed by atoms with Crippen LogP contribution in [-0.4, -0.2) is 74.1 Å². The summed E-state index contributed by atoms with van der Waals surface area (Å²) in [7, 11) is 5.33. The van der Waals surface area contributed by atoms with Crippen LogP contribution in [0.1, 0.15) is 0 Å². The first-order valence-electron chi connectivity index (χ1n) is 4.95. The summed E-state index contributed by atoms with van der Waals surface area (Å²) in [4.78, 5) is 5.15. The van der Waals surface area contributed by atoms with Crippen LogP contribution in [0.4, 0.5) is 0 Å². The van der Waals surface area contributed by atoms with Crippen LogP contribution in [0.5, 0.6) is 0 Å². The molecule has 2 N–H and O–H groups in total. The van der Waals surface area contributed by atoms with Gasteiger partial charge in [0.05, 0.1) is 13.2 Å². The van der Waals surface area contributed by atoms with E-state index in [-0.39, 0.29) is 0 Å². The van der Waals surface area contributed by atoms with E-state index in [0.717, 1.165) is 13.1 Å². The average molecular weight is 213 g/mol. The van der Waals surface area contributed by atoms with Gasteiger partial charge in [-0.05, 0) is 0 Å². The molecule has 0 atom stereocenters. The molecule has 0 spiro atoms. The van der Waals surface area contributed by atoms with E-state index in [4.69, 9.17) is 15.6 Å². The van der Waals surface area contributed by atoms with Crippen LogP contribution in [0.25, 0.3) is 0 Å². The lowest BCUT2D eigenvalue weighted by atomic mass is 10.4. The summed E-state index contributed by atoms with van der Waals surface area (Å²) in [5, 5.41) is 15.7. The predicted molar refractivity (Wildman–Crippen MR) is 59.3 cm³/mol. The molecule has 1 saturated heterocycles. The summed E-state index contributed by atoms with van der Waals surface area (Å²) in [6.07, 6.45) is 0. The van der Waals surface area contributed by atoms with Crippen LogP contribution >= 0.6 is 0 Å². The lowest BCUT2D eigenvalue weighted by Gasteiger charge is -2.34. The van der Waals surface area contributed by atoms with E-state index in [1.165, 1.54) is 0 Å². The van der Waals surface area contributed by atoms with E-state index in [9.17, 15) is 0 Å². The number of rotatable bonds is 0. The second-order valence-electron chi connectivity index (χ2n) is 3.70. The Kier molecular flexibility index (Phi) is 3.90. The quantitative estimate of drug-likeness (QED) is 0.427. The predicted octanol–water partition coefficient (Wildman–Crippen LogP) is -0.318. The molecule has 0 radical (unpaired) electrons. The van der Waals surface area contributed by atoms with Crippen molar-refractivity contribution in [1.29, 1.82) is 10.8 Å². The Morgan fingerprint density at radius 2 is 1.67 bits per heavy atom. The number of hydrogen-bond donors (Lipinski definition) is 2. The van der Waals surface area contributed by atoms with Gasteiger partial charge in [0.25, 0.3) is 0 Å². The molecule has 0 aromatic carbocycles. The van der Waals surface area contributed by atoms with Gasteiger partial charge < -0.3 is 14.5 Å². The second-order valence-corrected chi connectivity index (χ2v) is 3.70. The molecule has 0 bridgehead atoms. The van der Waals surface area contributed by atoms with Gasteiger partial charge >= 0.3 is 0 Å². The lowest BCUT2D eigenvalue weighted by Crippen LogP contribution is -2.51. The molecule has 0 amide bonds. The lowest BCUT2D eigenvalue weighted by molar-refractivity contribution is 0.0641. The largest absolute Gasteiger partial charge is 0.378 e. The van der Waals surface area contributed by atoms with Crippen molar-refractivity contribution in [2.24, 2.45) is 0 Å².